The van der Waals surface area contributed by atoms with Crippen LogP contribution < -0.4 is 10.1 Å². The fourth-order valence-corrected chi connectivity index (χ4v) is 2.47. The van der Waals surface area contributed by atoms with Crippen molar-refractivity contribution in [1.29, 1.82) is 0 Å². The van der Waals surface area contributed by atoms with E-state index in [2.05, 4.69) is 5.32 Å². The maximum atomic E-state index is 13.0. The van der Waals surface area contributed by atoms with Crippen molar-refractivity contribution in [3.05, 3.63) is 61.5 Å². The van der Waals surface area contributed by atoms with Crippen LogP contribution in [0.5, 0.6) is 5.75 Å². The van der Waals surface area contributed by atoms with Gasteiger partial charge >= 0.3 is 0 Å². The Labute approximate surface area is 134 Å². The van der Waals surface area contributed by atoms with Gasteiger partial charge in [-0.05, 0) is 52.4 Å². The molecule has 0 spiro atoms. The van der Waals surface area contributed by atoms with Crippen LogP contribution in [0.25, 0.3) is 0 Å². The second kappa shape index (κ2) is 6.70. The number of nitro groups is 1. The zero-order chi connectivity index (χ0) is 15.4. The Kier molecular flexibility index (Phi) is 4.94. The highest BCUT2D eigenvalue weighted by Crippen LogP contribution is 2.24. The highest BCUT2D eigenvalue weighted by Gasteiger charge is 2.10. The van der Waals surface area contributed by atoms with Gasteiger partial charge in [-0.15, -0.1) is 0 Å². The average Bonchev–Trinajstić information content (AvgIpc) is 2.46. The lowest BCUT2D eigenvalue weighted by atomic mass is 10.2. The maximum Gasteiger partial charge on any atom is 0.273 e. The van der Waals surface area contributed by atoms with Gasteiger partial charge in [-0.3, -0.25) is 10.1 Å². The van der Waals surface area contributed by atoms with Crippen molar-refractivity contribution in [2.75, 3.05) is 12.4 Å². The summed E-state index contributed by atoms with van der Waals surface area (Å²) in [6.45, 7) is 0.375. The van der Waals surface area contributed by atoms with E-state index in [0.29, 0.717) is 17.9 Å². The molecule has 0 aliphatic rings. The highest BCUT2D eigenvalue weighted by atomic mass is 127. The molecule has 0 amide bonds. The zero-order valence-corrected chi connectivity index (χ0v) is 13.3. The molecule has 2 aromatic carbocycles. The van der Waals surface area contributed by atoms with Gasteiger partial charge in [0.25, 0.3) is 5.69 Å². The van der Waals surface area contributed by atoms with E-state index in [9.17, 15) is 14.5 Å². The molecule has 2 rings (SSSR count). The van der Waals surface area contributed by atoms with Crippen LogP contribution in [0.1, 0.15) is 5.56 Å². The van der Waals surface area contributed by atoms with Crippen LogP contribution in [0, 0.1) is 19.5 Å². The minimum absolute atomic E-state index is 0.0278. The molecule has 5 nitrogen and oxygen atoms in total. The van der Waals surface area contributed by atoms with Crippen LogP contribution in [0.15, 0.2) is 36.4 Å². The predicted octanol–water partition coefficient (Wildman–Crippen LogP) is 3.96. The number of nitrogens with one attached hydrogen (secondary N) is 1. The molecule has 0 saturated carbocycles. The lowest BCUT2D eigenvalue weighted by molar-refractivity contribution is -0.385. The van der Waals surface area contributed by atoms with Crippen molar-refractivity contribution >= 4 is 34.0 Å². The van der Waals surface area contributed by atoms with Crippen LogP contribution in [-0.4, -0.2) is 12.0 Å². The first-order valence-electron chi connectivity index (χ1n) is 6.01. The van der Waals surface area contributed by atoms with E-state index >= 15 is 0 Å². The summed E-state index contributed by atoms with van der Waals surface area (Å²) in [6, 6.07) is 8.97. The molecule has 0 aromatic heterocycles. The molecule has 0 radical (unpaired) electrons. The predicted molar refractivity (Wildman–Crippen MR) is 86.1 cm³/mol. The summed E-state index contributed by atoms with van der Waals surface area (Å²) in [4.78, 5) is 10.4. The fraction of sp³-hybridized carbons (Fsp3) is 0.143. The van der Waals surface area contributed by atoms with E-state index in [1.165, 1.54) is 31.4 Å². The first-order valence-corrected chi connectivity index (χ1v) is 7.09. The summed E-state index contributed by atoms with van der Waals surface area (Å²) in [5.41, 5.74) is 1.45. The number of methoxy groups -OCH3 is 1. The first kappa shape index (κ1) is 15.5. The molecule has 0 saturated heterocycles. The molecular weight excluding hydrogens is 390 g/mol. The van der Waals surface area contributed by atoms with Crippen molar-refractivity contribution in [2.24, 2.45) is 0 Å². The van der Waals surface area contributed by atoms with Gasteiger partial charge in [0.2, 0.25) is 0 Å². The number of ether oxygens (including phenoxy) is 1. The quantitative estimate of drug-likeness (QED) is 0.467. The molecule has 2 aromatic rings. The van der Waals surface area contributed by atoms with Crippen molar-refractivity contribution in [2.45, 2.75) is 6.54 Å². The van der Waals surface area contributed by atoms with E-state index in [4.69, 9.17) is 4.74 Å². The van der Waals surface area contributed by atoms with Crippen LogP contribution >= 0.6 is 22.6 Å². The van der Waals surface area contributed by atoms with Gasteiger partial charge in [-0.1, -0.05) is 0 Å². The van der Waals surface area contributed by atoms with Gasteiger partial charge in [-0.25, -0.2) is 4.39 Å². The minimum atomic E-state index is -0.465. The van der Waals surface area contributed by atoms with Gasteiger partial charge in [-0.2, -0.15) is 0 Å². The van der Waals surface area contributed by atoms with E-state index in [0.717, 1.165) is 9.26 Å². The monoisotopic (exact) mass is 402 g/mol. The summed E-state index contributed by atoms with van der Waals surface area (Å²) in [5, 5.41) is 14.0. The largest absolute Gasteiger partial charge is 0.496 e. The average molecular weight is 402 g/mol. The minimum Gasteiger partial charge on any atom is -0.496 e. The summed E-state index contributed by atoms with van der Waals surface area (Å²) in [7, 11) is 1.46. The van der Waals surface area contributed by atoms with E-state index < -0.39 is 4.92 Å². The standard InChI is InChI=1S/C14H12FIN2O3/c1-21-12-5-9(4-11(7-12)18(19)20)8-17-14-3-2-10(15)6-13(14)16/h2-7,17H,8H2,1H3. The molecule has 0 bridgehead atoms. The second-order valence-corrected chi connectivity index (χ2v) is 5.44. The molecule has 0 heterocycles. The Hall–Kier alpha value is -1.90. The fourth-order valence-electron chi connectivity index (χ4n) is 1.80. The van der Waals surface area contributed by atoms with Crippen molar-refractivity contribution < 1.29 is 14.1 Å². The summed E-state index contributed by atoms with van der Waals surface area (Å²) in [6.07, 6.45) is 0. The van der Waals surface area contributed by atoms with E-state index in [1.54, 1.807) is 12.1 Å². The summed E-state index contributed by atoms with van der Waals surface area (Å²) in [5.74, 6) is 0.122. The van der Waals surface area contributed by atoms with Crippen molar-refractivity contribution in [3.8, 4) is 5.75 Å². The number of rotatable bonds is 5. The van der Waals surface area contributed by atoms with E-state index in [1.807, 2.05) is 22.6 Å². The summed E-state index contributed by atoms with van der Waals surface area (Å²) >= 11 is 2.02. The van der Waals surface area contributed by atoms with E-state index in [-0.39, 0.29) is 11.5 Å². The summed E-state index contributed by atoms with van der Waals surface area (Å²) < 4.78 is 18.8. The molecule has 21 heavy (non-hydrogen) atoms. The second-order valence-electron chi connectivity index (χ2n) is 4.27. The number of benzene rings is 2. The SMILES string of the molecule is COc1cc(CNc2ccc(F)cc2I)cc([N+](=O)[O-])c1. The highest BCUT2D eigenvalue weighted by molar-refractivity contribution is 14.1. The van der Waals surface area contributed by atoms with Crippen molar-refractivity contribution in [1.82, 2.24) is 0 Å². The molecular formula is C14H12FIN2O3. The molecule has 0 aliphatic heterocycles. The van der Waals surface area contributed by atoms with Gasteiger partial charge in [0.15, 0.2) is 0 Å². The first-order chi connectivity index (χ1) is 9.99. The number of nitro benzene ring substituents is 1. The van der Waals surface area contributed by atoms with Crippen molar-refractivity contribution in [3.63, 3.8) is 0 Å². The zero-order valence-electron chi connectivity index (χ0n) is 11.1. The Morgan fingerprint density at radius 1 is 1.33 bits per heavy atom. The third-order valence-electron chi connectivity index (χ3n) is 2.81. The maximum absolute atomic E-state index is 13.0. The Bertz CT molecular complexity index is 679. The van der Waals surface area contributed by atoms with Gasteiger partial charge in [0.1, 0.15) is 11.6 Å². The number of non-ortho nitro benzene ring substituents is 1. The number of halogens is 2. The molecule has 110 valence electrons. The van der Waals surface area contributed by atoms with Gasteiger partial charge < -0.3 is 10.1 Å². The van der Waals surface area contributed by atoms with Crippen LogP contribution in [0.2, 0.25) is 0 Å². The third-order valence-corrected chi connectivity index (χ3v) is 3.70. The van der Waals surface area contributed by atoms with Crippen LogP contribution in [0.4, 0.5) is 15.8 Å². The molecule has 0 fully saturated rings. The molecule has 0 unspecified atom stereocenters. The van der Waals surface area contributed by atoms with Crippen LogP contribution in [0.3, 0.4) is 0 Å². The smallest absolute Gasteiger partial charge is 0.273 e. The lowest BCUT2D eigenvalue weighted by Crippen LogP contribution is -2.02. The lowest BCUT2D eigenvalue weighted by Gasteiger charge is -2.10. The normalized spacial score (nSPS) is 10.2. The number of nitrogens with zero attached hydrogens (tertiary/aromatic N) is 1. The Balaban J connectivity index is 2.19. The number of hydrogen-bond acceptors (Lipinski definition) is 4. The van der Waals surface area contributed by atoms with Gasteiger partial charge in [0, 0.05) is 21.9 Å². The Morgan fingerprint density at radius 2 is 2.10 bits per heavy atom. The topological polar surface area (TPSA) is 64.4 Å². The number of anilines is 1. The Morgan fingerprint density at radius 3 is 2.71 bits per heavy atom. The molecule has 7 heteroatoms. The number of hydrogen-bond donors (Lipinski definition) is 1. The van der Waals surface area contributed by atoms with Gasteiger partial charge in [0.05, 0.1) is 18.1 Å². The molecule has 0 aliphatic carbocycles. The molecule has 0 atom stereocenters. The third kappa shape index (κ3) is 4.03. The van der Waals surface area contributed by atoms with Crippen LogP contribution in [-0.2, 0) is 6.54 Å². The molecule has 1 N–H and O–H groups in total.